The maximum Gasteiger partial charge on any atom is 0.0885 e. The quantitative estimate of drug-likeness (QED) is 0.710. The van der Waals surface area contributed by atoms with Crippen molar-refractivity contribution >= 4 is 0 Å². The fourth-order valence-corrected chi connectivity index (χ4v) is 3.47. The van der Waals surface area contributed by atoms with Crippen molar-refractivity contribution in [3.63, 3.8) is 0 Å². The Labute approximate surface area is 154 Å². The van der Waals surface area contributed by atoms with Crippen molar-refractivity contribution in [1.29, 1.82) is 0 Å². The summed E-state index contributed by atoms with van der Waals surface area (Å²) in [6.07, 6.45) is 5.91. The predicted molar refractivity (Wildman–Crippen MR) is 100 cm³/mol. The van der Waals surface area contributed by atoms with E-state index < -0.39 is 0 Å². The minimum absolute atomic E-state index is 0.140. The molecular formula is C21H24N4O. The molecule has 1 aliphatic rings. The van der Waals surface area contributed by atoms with E-state index in [0.29, 0.717) is 6.61 Å². The summed E-state index contributed by atoms with van der Waals surface area (Å²) in [6.45, 7) is 6.17. The monoisotopic (exact) mass is 348 g/mol. The molecular weight excluding hydrogens is 324 g/mol. The summed E-state index contributed by atoms with van der Waals surface area (Å²) in [5, 5.41) is 0. The van der Waals surface area contributed by atoms with Gasteiger partial charge in [0.15, 0.2) is 0 Å². The van der Waals surface area contributed by atoms with Gasteiger partial charge in [-0.15, -0.1) is 0 Å². The van der Waals surface area contributed by atoms with Crippen LogP contribution in [0.15, 0.2) is 61.1 Å². The highest BCUT2D eigenvalue weighted by Crippen LogP contribution is 2.18. The standard InChI is InChI=1S/C21H24N4O/c1-17-4-2-5-19(23-17)12-24-13-20-6-3-11-25(20)15-21(14-24)26-16-18-7-9-22-10-8-18/h2-11,21H,12-16H2,1H3. The van der Waals surface area contributed by atoms with Crippen molar-refractivity contribution in [1.82, 2.24) is 19.4 Å². The SMILES string of the molecule is Cc1cccc(CN2Cc3cccn3CC(OCc3ccncc3)C2)n1. The Kier molecular flexibility index (Phi) is 5.09. The molecule has 0 aromatic carbocycles. The molecule has 1 unspecified atom stereocenters. The van der Waals surface area contributed by atoms with E-state index in [4.69, 9.17) is 4.74 Å². The second kappa shape index (κ2) is 7.81. The zero-order valence-corrected chi connectivity index (χ0v) is 15.1. The molecule has 0 N–H and O–H groups in total. The van der Waals surface area contributed by atoms with Gasteiger partial charge in [0.2, 0.25) is 0 Å². The molecule has 5 heteroatoms. The van der Waals surface area contributed by atoms with E-state index in [1.807, 2.05) is 37.5 Å². The van der Waals surface area contributed by atoms with E-state index in [1.165, 1.54) is 5.69 Å². The average molecular weight is 348 g/mol. The third-order valence-electron chi connectivity index (χ3n) is 4.74. The molecule has 0 fully saturated rings. The minimum atomic E-state index is 0.140. The molecule has 5 nitrogen and oxygen atoms in total. The van der Waals surface area contributed by atoms with E-state index in [-0.39, 0.29) is 6.10 Å². The number of hydrogen-bond acceptors (Lipinski definition) is 4. The van der Waals surface area contributed by atoms with Gasteiger partial charge < -0.3 is 9.30 Å². The molecule has 26 heavy (non-hydrogen) atoms. The number of ether oxygens (including phenoxy) is 1. The highest BCUT2D eigenvalue weighted by molar-refractivity contribution is 5.12. The molecule has 1 aliphatic heterocycles. The highest BCUT2D eigenvalue weighted by atomic mass is 16.5. The first kappa shape index (κ1) is 16.9. The number of rotatable bonds is 5. The Morgan fingerprint density at radius 3 is 2.81 bits per heavy atom. The lowest BCUT2D eigenvalue weighted by Gasteiger charge is -2.24. The van der Waals surface area contributed by atoms with E-state index >= 15 is 0 Å². The molecule has 0 spiro atoms. The van der Waals surface area contributed by atoms with Crippen molar-refractivity contribution in [2.75, 3.05) is 6.54 Å². The summed E-state index contributed by atoms with van der Waals surface area (Å²) >= 11 is 0. The van der Waals surface area contributed by atoms with Crippen LogP contribution in [0.5, 0.6) is 0 Å². The number of pyridine rings is 2. The van der Waals surface area contributed by atoms with Gasteiger partial charge in [-0.1, -0.05) is 6.07 Å². The first-order valence-electron chi connectivity index (χ1n) is 9.06. The molecule has 0 aliphatic carbocycles. The maximum atomic E-state index is 6.26. The second-order valence-corrected chi connectivity index (χ2v) is 6.88. The van der Waals surface area contributed by atoms with Gasteiger partial charge in [-0.3, -0.25) is 14.9 Å². The van der Waals surface area contributed by atoms with E-state index in [0.717, 1.165) is 43.1 Å². The summed E-state index contributed by atoms with van der Waals surface area (Å²) in [5.74, 6) is 0. The van der Waals surface area contributed by atoms with Crippen molar-refractivity contribution in [2.24, 2.45) is 0 Å². The van der Waals surface area contributed by atoms with Crippen LogP contribution in [0.25, 0.3) is 0 Å². The summed E-state index contributed by atoms with van der Waals surface area (Å²) in [5.41, 5.74) is 4.65. The molecule has 3 aromatic rings. The van der Waals surface area contributed by atoms with Crippen LogP contribution in [0.1, 0.15) is 22.6 Å². The molecule has 134 valence electrons. The molecule has 4 rings (SSSR count). The van der Waals surface area contributed by atoms with Crippen molar-refractivity contribution in [3.8, 4) is 0 Å². The lowest BCUT2D eigenvalue weighted by atomic mass is 10.2. The van der Waals surface area contributed by atoms with Gasteiger partial charge >= 0.3 is 0 Å². The van der Waals surface area contributed by atoms with Gasteiger partial charge in [-0.05, 0) is 48.9 Å². The van der Waals surface area contributed by atoms with Crippen LogP contribution in [0.3, 0.4) is 0 Å². The Morgan fingerprint density at radius 2 is 1.96 bits per heavy atom. The zero-order chi connectivity index (χ0) is 17.8. The molecule has 1 atom stereocenters. The van der Waals surface area contributed by atoms with Gasteiger partial charge in [0.05, 0.1) is 18.4 Å². The highest BCUT2D eigenvalue weighted by Gasteiger charge is 2.22. The molecule has 0 saturated carbocycles. The zero-order valence-electron chi connectivity index (χ0n) is 15.1. The van der Waals surface area contributed by atoms with Crippen molar-refractivity contribution in [2.45, 2.75) is 39.3 Å². The van der Waals surface area contributed by atoms with E-state index in [1.54, 1.807) is 0 Å². The van der Waals surface area contributed by atoms with Crippen LogP contribution in [0.2, 0.25) is 0 Å². The second-order valence-electron chi connectivity index (χ2n) is 6.88. The number of fused-ring (bicyclic) bond motifs is 1. The Balaban J connectivity index is 1.48. The fourth-order valence-electron chi connectivity index (χ4n) is 3.47. The van der Waals surface area contributed by atoms with E-state index in [2.05, 4.69) is 49.9 Å². The average Bonchev–Trinajstić information content (AvgIpc) is 3.00. The van der Waals surface area contributed by atoms with Crippen LogP contribution < -0.4 is 0 Å². The van der Waals surface area contributed by atoms with Crippen molar-refractivity contribution in [3.05, 3.63) is 83.7 Å². The molecule has 0 saturated heterocycles. The van der Waals surface area contributed by atoms with Crippen LogP contribution >= 0.6 is 0 Å². The maximum absolute atomic E-state index is 6.26. The minimum Gasteiger partial charge on any atom is -0.370 e. The predicted octanol–water partition coefficient (Wildman–Crippen LogP) is 3.19. The molecule has 3 aromatic heterocycles. The first-order chi connectivity index (χ1) is 12.8. The van der Waals surface area contributed by atoms with Crippen LogP contribution in [0, 0.1) is 6.92 Å². The first-order valence-corrected chi connectivity index (χ1v) is 9.06. The summed E-state index contributed by atoms with van der Waals surface area (Å²) < 4.78 is 8.56. The third kappa shape index (κ3) is 4.18. The summed E-state index contributed by atoms with van der Waals surface area (Å²) in [7, 11) is 0. The molecule has 0 amide bonds. The number of aryl methyl sites for hydroxylation is 1. The van der Waals surface area contributed by atoms with Crippen LogP contribution in [-0.4, -0.2) is 32.1 Å². The van der Waals surface area contributed by atoms with Crippen LogP contribution in [0.4, 0.5) is 0 Å². The lowest BCUT2D eigenvalue weighted by Crippen LogP contribution is -2.32. The molecule has 0 bridgehead atoms. The number of aromatic nitrogens is 3. The molecule has 0 radical (unpaired) electrons. The van der Waals surface area contributed by atoms with E-state index in [9.17, 15) is 0 Å². The third-order valence-corrected chi connectivity index (χ3v) is 4.74. The topological polar surface area (TPSA) is 43.2 Å². The number of nitrogens with zero attached hydrogens (tertiary/aromatic N) is 4. The van der Waals surface area contributed by atoms with Gasteiger partial charge in [-0.2, -0.15) is 0 Å². The van der Waals surface area contributed by atoms with Gasteiger partial charge in [-0.25, -0.2) is 0 Å². The fraction of sp³-hybridized carbons (Fsp3) is 0.333. The van der Waals surface area contributed by atoms with Crippen molar-refractivity contribution < 1.29 is 4.74 Å². The van der Waals surface area contributed by atoms with Gasteiger partial charge in [0.1, 0.15) is 0 Å². The Hall–Kier alpha value is -2.50. The smallest absolute Gasteiger partial charge is 0.0885 e. The summed E-state index contributed by atoms with van der Waals surface area (Å²) in [4.78, 5) is 11.2. The van der Waals surface area contributed by atoms with Gasteiger partial charge in [0, 0.05) is 56.2 Å². The summed E-state index contributed by atoms with van der Waals surface area (Å²) in [6, 6.07) is 14.5. The normalized spacial score (nSPS) is 17.7. The Bertz CT molecular complexity index is 846. The molecule has 4 heterocycles. The van der Waals surface area contributed by atoms with Crippen LogP contribution in [-0.2, 0) is 31.0 Å². The van der Waals surface area contributed by atoms with Gasteiger partial charge in [0.25, 0.3) is 0 Å². The Morgan fingerprint density at radius 1 is 1.08 bits per heavy atom. The number of hydrogen-bond donors (Lipinski definition) is 0. The lowest BCUT2D eigenvalue weighted by molar-refractivity contribution is 0.00846. The largest absolute Gasteiger partial charge is 0.370 e.